The van der Waals surface area contributed by atoms with Crippen LogP contribution in [0.2, 0.25) is 0 Å². The summed E-state index contributed by atoms with van der Waals surface area (Å²) in [5.41, 5.74) is 2.23. The van der Waals surface area contributed by atoms with Crippen LogP contribution in [0.5, 0.6) is 0 Å². The minimum absolute atomic E-state index is 0.131. The normalized spacial score (nSPS) is 20.8. The van der Waals surface area contributed by atoms with Crippen molar-refractivity contribution in [1.82, 2.24) is 0 Å². The Morgan fingerprint density at radius 1 is 1.44 bits per heavy atom. The van der Waals surface area contributed by atoms with Crippen LogP contribution in [-0.2, 0) is 20.9 Å². The van der Waals surface area contributed by atoms with Crippen molar-refractivity contribution in [1.29, 1.82) is 0 Å². The van der Waals surface area contributed by atoms with Crippen molar-refractivity contribution >= 4 is 21.9 Å². The Balaban J connectivity index is 2.04. The van der Waals surface area contributed by atoms with Gasteiger partial charge in [0, 0.05) is 5.75 Å². The van der Waals surface area contributed by atoms with Gasteiger partial charge < -0.3 is 0 Å². The minimum Gasteiger partial charge on any atom is -0.265 e. The largest absolute Gasteiger partial charge is 0.265 e. The molecule has 1 atom stereocenters. The van der Waals surface area contributed by atoms with Crippen molar-refractivity contribution in [3.8, 4) is 0 Å². The third-order valence-corrected chi connectivity index (χ3v) is 4.78. The van der Waals surface area contributed by atoms with Crippen molar-refractivity contribution in [3.05, 3.63) is 35.4 Å². The van der Waals surface area contributed by atoms with Crippen LogP contribution in [0.3, 0.4) is 0 Å². The highest BCUT2D eigenvalue weighted by atomic mass is 32.2. The van der Waals surface area contributed by atoms with E-state index in [9.17, 15) is 8.42 Å². The number of hydrogen-bond acceptors (Lipinski definition) is 4. The number of thioether (sulfide) groups is 1. The van der Waals surface area contributed by atoms with Crippen LogP contribution in [0.1, 0.15) is 29.9 Å². The molecule has 1 saturated heterocycles. The van der Waals surface area contributed by atoms with Crippen LogP contribution >= 0.6 is 11.8 Å². The summed E-state index contributed by atoms with van der Waals surface area (Å²) in [5.74, 6) is 3.02. The molecule has 1 aromatic rings. The van der Waals surface area contributed by atoms with Gasteiger partial charge in [0.15, 0.2) is 0 Å². The van der Waals surface area contributed by atoms with Gasteiger partial charge in [-0.25, -0.2) is 0 Å². The first-order valence-corrected chi connectivity index (χ1v) is 9.03. The average Bonchev–Trinajstić information content (AvgIpc) is 2.37. The fourth-order valence-corrected chi connectivity index (χ4v) is 3.65. The van der Waals surface area contributed by atoms with E-state index in [1.165, 1.54) is 24.2 Å². The molecular weight excluding hydrogens is 268 g/mol. The Bertz CT molecular complexity index is 491. The third kappa shape index (κ3) is 4.30. The summed E-state index contributed by atoms with van der Waals surface area (Å²) in [5, 5.41) is 0. The second kappa shape index (κ2) is 6.08. The van der Waals surface area contributed by atoms with Gasteiger partial charge in [-0.15, -0.1) is 0 Å². The van der Waals surface area contributed by atoms with E-state index in [1.54, 1.807) is 0 Å². The van der Waals surface area contributed by atoms with Gasteiger partial charge in [-0.1, -0.05) is 24.3 Å². The molecule has 100 valence electrons. The average molecular weight is 286 g/mol. The van der Waals surface area contributed by atoms with Crippen LogP contribution in [0.25, 0.3) is 0 Å². The summed E-state index contributed by atoms with van der Waals surface area (Å²) in [4.78, 5) is 0. The number of rotatable bonds is 4. The van der Waals surface area contributed by atoms with Crippen LogP contribution < -0.4 is 0 Å². The smallest absolute Gasteiger partial charge is 0.264 e. The summed E-state index contributed by atoms with van der Waals surface area (Å²) in [6.45, 7) is 0.131. The van der Waals surface area contributed by atoms with E-state index in [4.69, 9.17) is 4.18 Å². The Labute approximate surface area is 113 Å². The van der Waals surface area contributed by atoms with E-state index < -0.39 is 10.1 Å². The second-order valence-electron chi connectivity index (χ2n) is 4.63. The second-order valence-corrected chi connectivity index (χ2v) is 7.42. The number of benzene rings is 1. The van der Waals surface area contributed by atoms with Crippen molar-refractivity contribution in [3.63, 3.8) is 0 Å². The predicted molar refractivity (Wildman–Crippen MR) is 75.4 cm³/mol. The first kappa shape index (κ1) is 13.9. The molecule has 0 saturated carbocycles. The van der Waals surface area contributed by atoms with E-state index >= 15 is 0 Å². The first-order valence-electron chi connectivity index (χ1n) is 6.05. The lowest BCUT2D eigenvalue weighted by atomic mass is 9.95. The quantitative estimate of drug-likeness (QED) is 0.798. The molecule has 18 heavy (non-hydrogen) atoms. The molecule has 1 aliphatic rings. The molecule has 1 aliphatic heterocycles. The van der Waals surface area contributed by atoms with Gasteiger partial charge in [-0.3, -0.25) is 4.18 Å². The lowest BCUT2D eigenvalue weighted by Gasteiger charge is -2.22. The third-order valence-electron chi connectivity index (χ3n) is 3.02. The summed E-state index contributed by atoms with van der Waals surface area (Å²) in [7, 11) is -3.36. The topological polar surface area (TPSA) is 43.4 Å². The summed E-state index contributed by atoms with van der Waals surface area (Å²) >= 11 is 1.99. The lowest BCUT2D eigenvalue weighted by molar-refractivity contribution is 0.311. The molecular formula is C13H18O3S2. The molecule has 0 bridgehead atoms. The zero-order chi connectivity index (χ0) is 13.0. The van der Waals surface area contributed by atoms with E-state index in [0.717, 1.165) is 17.6 Å². The Morgan fingerprint density at radius 3 is 2.94 bits per heavy atom. The molecule has 0 aliphatic carbocycles. The molecule has 0 spiro atoms. The molecule has 1 aromatic carbocycles. The Hall–Kier alpha value is -0.520. The van der Waals surface area contributed by atoms with Gasteiger partial charge in [0.05, 0.1) is 12.9 Å². The van der Waals surface area contributed by atoms with E-state index in [0.29, 0.717) is 5.92 Å². The van der Waals surface area contributed by atoms with Crippen LogP contribution in [0.15, 0.2) is 24.3 Å². The van der Waals surface area contributed by atoms with Crippen LogP contribution in [0.4, 0.5) is 0 Å². The van der Waals surface area contributed by atoms with E-state index in [1.807, 2.05) is 23.9 Å². The van der Waals surface area contributed by atoms with Gasteiger partial charge in [0.1, 0.15) is 0 Å². The van der Waals surface area contributed by atoms with Gasteiger partial charge in [0.2, 0.25) is 0 Å². The van der Waals surface area contributed by atoms with Gasteiger partial charge in [-0.05, 0) is 35.6 Å². The van der Waals surface area contributed by atoms with Gasteiger partial charge in [0.25, 0.3) is 10.1 Å². The molecule has 1 heterocycles. The SMILES string of the molecule is CS(=O)(=O)OCc1cccc(C2CCCSC2)c1. The first-order chi connectivity index (χ1) is 8.54. The summed E-state index contributed by atoms with van der Waals surface area (Å²) in [6, 6.07) is 8.09. The maximum absolute atomic E-state index is 11.0. The molecule has 2 rings (SSSR count). The van der Waals surface area contributed by atoms with Crippen molar-refractivity contribution in [2.24, 2.45) is 0 Å². The highest BCUT2D eigenvalue weighted by molar-refractivity contribution is 7.99. The molecule has 0 radical (unpaired) electrons. The summed E-state index contributed by atoms with van der Waals surface area (Å²) in [6.07, 6.45) is 3.57. The predicted octanol–water partition coefficient (Wildman–Crippen LogP) is 2.77. The molecule has 5 heteroatoms. The lowest BCUT2D eigenvalue weighted by Crippen LogP contribution is -2.09. The van der Waals surface area contributed by atoms with Crippen molar-refractivity contribution in [2.45, 2.75) is 25.4 Å². The fourth-order valence-electron chi connectivity index (χ4n) is 2.12. The van der Waals surface area contributed by atoms with Crippen LogP contribution in [0, 0.1) is 0 Å². The Morgan fingerprint density at radius 2 is 2.28 bits per heavy atom. The van der Waals surface area contributed by atoms with E-state index in [-0.39, 0.29) is 6.61 Å². The zero-order valence-electron chi connectivity index (χ0n) is 10.5. The molecule has 3 nitrogen and oxygen atoms in total. The number of hydrogen-bond donors (Lipinski definition) is 0. The van der Waals surface area contributed by atoms with E-state index in [2.05, 4.69) is 12.1 Å². The molecule has 0 aromatic heterocycles. The molecule has 1 unspecified atom stereocenters. The zero-order valence-corrected chi connectivity index (χ0v) is 12.1. The highest BCUT2D eigenvalue weighted by Gasteiger charge is 2.16. The van der Waals surface area contributed by atoms with Gasteiger partial charge in [-0.2, -0.15) is 20.2 Å². The van der Waals surface area contributed by atoms with Crippen molar-refractivity contribution < 1.29 is 12.6 Å². The Kier molecular flexibility index (Phi) is 4.70. The van der Waals surface area contributed by atoms with Gasteiger partial charge >= 0.3 is 0 Å². The molecule has 1 fully saturated rings. The minimum atomic E-state index is -3.36. The fraction of sp³-hybridized carbons (Fsp3) is 0.538. The molecule has 0 amide bonds. The maximum atomic E-state index is 11.0. The standard InChI is InChI=1S/C13H18O3S2/c1-18(14,15)16-9-11-4-2-5-12(8-11)13-6-3-7-17-10-13/h2,4-5,8,13H,3,6-7,9-10H2,1H3. The highest BCUT2D eigenvalue weighted by Crippen LogP contribution is 2.31. The van der Waals surface area contributed by atoms with Crippen LogP contribution in [-0.4, -0.2) is 26.2 Å². The summed E-state index contributed by atoms with van der Waals surface area (Å²) < 4.78 is 26.8. The maximum Gasteiger partial charge on any atom is 0.264 e. The molecule has 0 N–H and O–H groups in total. The monoisotopic (exact) mass is 286 g/mol. The van der Waals surface area contributed by atoms with Crippen molar-refractivity contribution in [2.75, 3.05) is 17.8 Å².